The first-order valence-electron chi connectivity index (χ1n) is 5.36. The summed E-state index contributed by atoms with van der Waals surface area (Å²) in [5.74, 6) is 0.765. The van der Waals surface area contributed by atoms with Gasteiger partial charge in [0.05, 0.1) is 20.3 Å². The van der Waals surface area contributed by atoms with E-state index in [0.717, 1.165) is 17.7 Å². The average molecular weight is 224 g/mol. The van der Waals surface area contributed by atoms with E-state index in [1.807, 2.05) is 12.1 Å². The lowest BCUT2D eigenvalue weighted by molar-refractivity contribution is -0.224. The van der Waals surface area contributed by atoms with Crippen LogP contribution in [0.2, 0.25) is 0 Å². The first kappa shape index (κ1) is 11.4. The largest absolute Gasteiger partial charge is 0.497 e. The Morgan fingerprint density at radius 1 is 1.25 bits per heavy atom. The number of hydrogen-bond acceptors (Lipinski definition) is 4. The highest BCUT2D eigenvalue weighted by molar-refractivity contribution is 5.28. The van der Waals surface area contributed by atoms with Gasteiger partial charge in [-0.15, -0.1) is 0 Å². The lowest BCUT2D eigenvalue weighted by atomic mass is 10.1. The van der Waals surface area contributed by atoms with Crippen molar-refractivity contribution < 1.29 is 19.3 Å². The van der Waals surface area contributed by atoms with E-state index >= 15 is 0 Å². The summed E-state index contributed by atoms with van der Waals surface area (Å²) >= 11 is 0. The van der Waals surface area contributed by atoms with Gasteiger partial charge in [0, 0.05) is 0 Å². The SMILES string of the molecule is COc1ccc(C(O)C2OCCCO2)cc1. The van der Waals surface area contributed by atoms with Crippen LogP contribution >= 0.6 is 0 Å². The third kappa shape index (κ3) is 2.52. The Labute approximate surface area is 94.8 Å². The molecule has 0 radical (unpaired) electrons. The molecule has 0 aliphatic carbocycles. The Kier molecular flexibility index (Phi) is 3.77. The van der Waals surface area contributed by atoms with E-state index in [4.69, 9.17) is 14.2 Å². The zero-order valence-electron chi connectivity index (χ0n) is 9.26. The van der Waals surface area contributed by atoms with Crippen LogP contribution in [0.5, 0.6) is 5.75 Å². The third-order valence-electron chi connectivity index (χ3n) is 2.57. The molecule has 1 aliphatic rings. The molecule has 1 N–H and O–H groups in total. The monoisotopic (exact) mass is 224 g/mol. The second kappa shape index (κ2) is 5.30. The van der Waals surface area contributed by atoms with Crippen molar-refractivity contribution in [2.45, 2.75) is 18.8 Å². The summed E-state index contributed by atoms with van der Waals surface area (Å²) in [5, 5.41) is 10.0. The van der Waals surface area contributed by atoms with Gasteiger partial charge in [0.1, 0.15) is 11.9 Å². The Balaban J connectivity index is 2.04. The van der Waals surface area contributed by atoms with Crippen LogP contribution in [0, 0.1) is 0 Å². The predicted molar refractivity (Wildman–Crippen MR) is 58.3 cm³/mol. The van der Waals surface area contributed by atoms with Crippen LogP contribution in [-0.2, 0) is 9.47 Å². The molecule has 1 fully saturated rings. The normalized spacial score (nSPS) is 19.4. The minimum Gasteiger partial charge on any atom is -0.497 e. The number of ether oxygens (including phenoxy) is 3. The predicted octanol–water partition coefficient (Wildman–Crippen LogP) is 1.49. The van der Waals surface area contributed by atoms with Crippen molar-refractivity contribution in [3.63, 3.8) is 0 Å². The zero-order valence-corrected chi connectivity index (χ0v) is 9.26. The average Bonchev–Trinajstić information content (AvgIpc) is 2.39. The highest BCUT2D eigenvalue weighted by Gasteiger charge is 2.24. The number of aliphatic hydroxyl groups excluding tert-OH is 1. The maximum Gasteiger partial charge on any atom is 0.187 e. The summed E-state index contributed by atoms with van der Waals surface area (Å²) in [5.41, 5.74) is 0.771. The first-order valence-corrected chi connectivity index (χ1v) is 5.36. The molecule has 88 valence electrons. The van der Waals surface area contributed by atoms with Crippen LogP contribution in [0.3, 0.4) is 0 Å². The Morgan fingerprint density at radius 3 is 2.44 bits per heavy atom. The molecule has 1 aliphatic heterocycles. The van der Waals surface area contributed by atoms with Gasteiger partial charge in [-0.05, 0) is 24.1 Å². The van der Waals surface area contributed by atoms with Gasteiger partial charge in [0.2, 0.25) is 0 Å². The van der Waals surface area contributed by atoms with Crippen LogP contribution in [0.4, 0.5) is 0 Å². The maximum absolute atomic E-state index is 10.0. The van der Waals surface area contributed by atoms with Crippen molar-refractivity contribution in [2.24, 2.45) is 0 Å². The topological polar surface area (TPSA) is 47.9 Å². The minimum atomic E-state index is -0.744. The Morgan fingerprint density at radius 2 is 1.88 bits per heavy atom. The van der Waals surface area contributed by atoms with E-state index in [2.05, 4.69) is 0 Å². The number of rotatable bonds is 3. The van der Waals surface area contributed by atoms with Crippen molar-refractivity contribution in [1.29, 1.82) is 0 Å². The molecule has 0 aromatic heterocycles. The van der Waals surface area contributed by atoms with Crippen molar-refractivity contribution in [3.05, 3.63) is 29.8 Å². The third-order valence-corrected chi connectivity index (χ3v) is 2.57. The number of hydrogen-bond donors (Lipinski definition) is 1. The second-order valence-corrected chi connectivity index (χ2v) is 3.68. The van der Waals surface area contributed by atoms with E-state index in [-0.39, 0.29) is 0 Å². The summed E-state index contributed by atoms with van der Waals surface area (Å²) in [4.78, 5) is 0. The number of benzene rings is 1. The standard InChI is InChI=1S/C12H16O4/c1-14-10-5-3-9(4-6-10)11(13)12-15-7-2-8-16-12/h3-6,11-13H,2,7-8H2,1H3. The molecule has 4 nitrogen and oxygen atoms in total. The van der Waals surface area contributed by atoms with Crippen molar-refractivity contribution in [3.8, 4) is 5.75 Å². The summed E-state index contributed by atoms with van der Waals surface area (Å²) < 4.78 is 15.7. The molecular weight excluding hydrogens is 208 g/mol. The van der Waals surface area contributed by atoms with Gasteiger partial charge in [0.25, 0.3) is 0 Å². The van der Waals surface area contributed by atoms with E-state index in [1.54, 1.807) is 19.2 Å². The van der Waals surface area contributed by atoms with Gasteiger partial charge in [-0.1, -0.05) is 12.1 Å². The minimum absolute atomic E-state index is 0.554. The van der Waals surface area contributed by atoms with Crippen molar-refractivity contribution in [1.82, 2.24) is 0 Å². The fraction of sp³-hybridized carbons (Fsp3) is 0.500. The van der Waals surface area contributed by atoms with Gasteiger partial charge >= 0.3 is 0 Å². The molecule has 0 bridgehead atoms. The van der Waals surface area contributed by atoms with E-state index < -0.39 is 12.4 Å². The van der Waals surface area contributed by atoms with E-state index in [0.29, 0.717) is 13.2 Å². The molecule has 4 heteroatoms. The van der Waals surface area contributed by atoms with Gasteiger partial charge < -0.3 is 19.3 Å². The van der Waals surface area contributed by atoms with Crippen molar-refractivity contribution >= 4 is 0 Å². The number of methoxy groups -OCH3 is 1. The van der Waals surface area contributed by atoms with Crippen molar-refractivity contribution in [2.75, 3.05) is 20.3 Å². The molecule has 1 atom stereocenters. The molecule has 0 amide bonds. The summed E-state index contributed by atoms with van der Waals surface area (Å²) in [6, 6.07) is 7.23. The number of aliphatic hydroxyl groups is 1. The maximum atomic E-state index is 10.0. The van der Waals surface area contributed by atoms with E-state index in [9.17, 15) is 5.11 Å². The summed E-state index contributed by atoms with van der Waals surface area (Å²) in [7, 11) is 1.61. The molecule has 1 aromatic rings. The first-order chi connectivity index (χ1) is 7.81. The van der Waals surface area contributed by atoms with Crippen LogP contribution in [-0.4, -0.2) is 31.7 Å². The Hall–Kier alpha value is -1.10. The molecule has 1 aromatic carbocycles. The molecule has 16 heavy (non-hydrogen) atoms. The fourth-order valence-corrected chi connectivity index (χ4v) is 1.65. The molecule has 0 saturated carbocycles. The van der Waals surface area contributed by atoms with Gasteiger partial charge in [-0.3, -0.25) is 0 Å². The molecule has 0 spiro atoms. The van der Waals surface area contributed by atoms with E-state index in [1.165, 1.54) is 0 Å². The molecule has 1 unspecified atom stereocenters. The molecule has 1 saturated heterocycles. The van der Waals surface area contributed by atoms with Crippen LogP contribution in [0.15, 0.2) is 24.3 Å². The molecule has 1 heterocycles. The molecule has 2 rings (SSSR count). The summed E-state index contributed by atoms with van der Waals surface area (Å²) in [6.45, 7) is 1.27. The van der Waals surface area contributed by atoms with Crippen LogP contribution < -0.4 is 4.74 Å². The zero-order chi connectivity index (χ0) is 11.4. The smallest absolute Gasteiger partial charge is 0.187 e. The quantitative estimate of drug-likeness (QED) is 0.845. The van der Waals surface area contributed by atoms with Gasteiger partial charge in [-0.2, -0.15) is 0 Å². The second-order valence-electron chi connectivity index (χ2n) is 3.68. The van der Waals surface area contributed by atoms with Crippen LogP contribution in [0.1, 0.15) is 18.1 Å². The van der Waals surface area contributed by atoms with Gasteiger partial charge in [0.15, 0.2) is 6.29 Å². The highest BCUT2D eigenvalue weighted by atomic mass is 16.7. The lowest BCUT2D eigenvalue weighted by Gasteiger charge is -2.27. The fourth-order valence-electron chi connectivity index (χ4n) is 1.65. The van der Waals surface area contributed by atoms with Crippen LogP contribution in [0.25, 0.3) is 0 Å². The highest BCUT2D eigenvalue weighted by Crippen LogP contribution is 2.24. The summed E-state index contributed by atoms with van der Waals surface area (Å²) in [6.07, 6.45) is -0.417. The lowest BCUT2D eigenvalue weighted by Crippen LogP contribution is -2.30. The molecular formula is C12H16O4. The Bertz CT molecular complexity index is 316. The van der Waals surface area contributed by atoms with Gasteiger partial charge in [-0.25, -0.2) is 0 Å².